The van der Waals surface area contributed by atoms with Gasteiger partial charge in [-0.05, 0) is 35.9 Å². The quantitative estimate of drug-likeness (QED) is 0.784. The van der Waals surface area contributed by atoms with Gasteiger partial charge in [0.15, 0.2) is 0 Å². The fraction of sp³-hybridized carbons (Fsp3) is 0.190. The van der Waals surface area contributed by atoms with Crippen molar-refractivity contribution in [2.75, 3.05) is 13.1 Å². The van der Waals surface area contributed by atoms with Crippen molar-refractivity contribution in [3.05, 3.63) is 71.2 Å². The highest BCUT2D eigenvalue weighted by Crippen LogP contribution is 2.33. The van der Waals surface area contributed by atoms with E-state index in [0.717, 1.165) is 35.5 Å². The van der Waals surface area contributed by atoms with Crippen molar-refractivity contribution >= 4 is 28.5 Å². The van der Waals surface area contributed by atoms with Crippen LogP contribution in [0.15, 0.2) is 48.8 Å². The Morgan fingerprint density at radius 2 is 2.08 bits per heavy atom. The van der Waals surface area contributed by atoms with E-state index in [-0.39, 0.29) is 0 Å². The number of rotatable bonds is 3. The molecule has 1 aliphatic heterocycles. The Morgan fingerprint density at radius 1 is 1.23 bits per heavy atom. The molecule has 0 saturated carbocycles. The number of aromatic nitrogens is 2. The van der Waals surface area contributed by atoms with Crippen LogP contribution in [0.1, 0.15) is 34.1 Å². The van der Waals surface area contributed by atoms with Crippen molar-refractivity contribution in [1.82, 2.24) is 14.9 Å². The second-order valence-electron chi connectivity index (χ2n) is 6.40. The molecule has 3 heterocycles. The Bertz CT molecular complexity index is 1010. The normalized spacial score (nSPS) is 16.0. The molecule has 0 saturated heterocycles. The maximum Gasteiger partial charge on any atom is 0.336 e. The van der Waals surface area contributed by atoms with E-state index in [9.17, 15) is 9.90 Å². The van der Waals surface area contributed by atoms with Crippen LogP contribution in [-0.4, -0.2) is 39.0 Å². The number of benzene rings is 1. The summed E-state index contributed by atoms with van der Waals surface area (Å²) in [6.07, 6.45) is 5.60. The summed E-state index contributed by atoms with van der Waals surface area (Å²) in [6.45, 7) is 4.26. The molecule has 0 fully saturated rings. The summed E-state index contributed by atoms with van der Waals surface area (Å²) >= 11 is 0. The van der Waals surface area contributed by atoms with Crippen molar-refractivity contribution in [3.63, 3.8) is 0 Å². The molecule has 3 aromatic rings. The molecule has 0 aliphatic carbocycles. The third-order valence-corrected chi connectivity index (χ3v) is 4.76. The van der Waals surface area contributed by atoms with Gasteiger partial charge in [0.2, 0.25) is 0 Å². The summed E-state index contributed by atoms with van der Waals surface area (Å²) in [5, 5.41) is 10.6. The topological polar surface area (TPSA) is 66.3 Å². The van der Waals surface area contributed by atoms with E-state index in [4.69, 9.17) is 4.98 Å². The van der Waals surface area contributed by atoms with Gasteiger partial charge in [0.05, 0.1) is 16.8 Å². The molecule has 4 rings (SSSR count). The van der Waals surface area contributed by atoms with Crippen molar-refractivity contribution in [2.45, 2.75) is 13.5 Å². The number of para-hydroxylation sites is 1. The lowest BCUT2D eigenvalue weighted by Crippen LogP contribution is -2.31. The van der Waals surface area contributed by atoms with Gasteiger partial charge in [-0.15, -0.1) is 0 Å². The number of carboxylic acids is 1. The zero-order chi connectivity index (χ0) is 18.1. The van der Waals surface area contributed by atoms with Crippen LogP contribution >= 0.6 is 0 Å². The molecule has 1 aliphatic rings. The Kier molecular flexibility index (Phi) is 4.22. The third kappa shape index (κ3) is 2.86. The van der Waals surface area contributed by atoms with Crippen LogP contribution in [0.4, 0.5) is 0 Å². The molecular weight excluding hydrogens is 326 g/mol. The highest BCUT2D eigenvalue weighted by atomic mass is 16.4. The van der Waals surface area contributed by atoms with E-state index >= 15 is 0 Å². The standard InChI is InChI=1S/C21H19N3O2/c1-2-24-12-15(10-14-6-5-9-22-11-14)20-17(13-24)19(21(25)26)16-7-3-4-8-18(16)23-20/h3-11H,2,12-13H2,1H3,(H,25,26)/b15-10+. The zero-order valence-corrected chi connectivity index (χ0v) is 14.5. The summed E-state index contributed by atoms with van der Waals surface area (Å²) in [6, 6.07) is 11.3. The number of likely N-dealkylation sites (N-methyl/N-ethyl adjacent to an activating group) is 1. The van der Waals surface area contributed by atoms with Crippen molar-refractivity contribution in [2.24, 2.45) is 0 Å². The van der Waals surface area contributed by atoms with Gasteiger partial charge in [-0.2, -0.15) is 0 Å². The molecule has 130 valence electrons. The van der Waals surface area contributed by atoms with E-state index in [2.05, 4.69) is 22.9 Å². The lowest BCUT2D eigenvalue weighted by atomic mass is 9.92. The molecule has 26 heavy (non-hydrogen) atoms. The summed E-state index contributed by atoms with van der Waals surface area (Å²) in [4.78, 5) is 23.3. The Hall–Kier alpha value is -3.05. The van der Waals surface area contributed by atoms with Crippen molar-refractivity contribution < 1.29 is 9.90 Å². The molecule has 0 spiro atoms. The number of hydrogen-bond donors (Lipinski definition) is 1. The first-order valence-corrected chi connectivity index (χ1v) is 8.65. The van der Waals surface area contributed by atoms with Crippen LogP contribution < -0.4 is 0 Å². The van der Waals surface area contributed by atoms with E-state index in [1.807, 2.05) is 36.4 Å². The predicted molar refractivity (Wildman–Crippen MR) is 102 cm³/mol. The minimum Gasteiger partial charge on any atom is -0.478 e. The third-order valence-electron chi connectivity index (χ3n) is 4.76. The highest BCUT2D eigenvalue weighted by molar-refractivity contribution is 6.05. The molecule has 0 unspecified atom stereocenters. The van der Waals surface area contributed by atoms with Crippen molar-refractivity contribution in [1.29, 1.82) is 0 Å². The molecule has 5 heteroatoms. The summed E-state index contributed by atoms with van der Waals surface area (Å²) in [5.41, 5.74) is 4.66. The van der Waals surface area contributed by atoms with Crippen LogP contribution in [0.3, 0.4) is 0 Å². The first kappa shape index (κ1) is 16.4. The van der Waals surface area contributed by atoms with E-state index in [1.54, 1.807) is 12.4 Å². The van der Waals surface area contributed by atoms with Gasteiger partial charge in [0.25, 0.3) is 0 Å². The van der Waals surface area contributed by atoms with Crippen LogP contribution in [0.25, 0.3) is 22.6 Å². The minimum absolute atomic E-state index is 0.362. The number of carbonyl (C=O) groups is 1. The fourth-order valence-electron chi connectivity index (χ4n) is 3.51. The Morgan fingerprint density at radius 3 is 2.81 bits per heavy atom. The van der Waals surface area contributed by atoms with Gasteiger partial charge in [-0.1, -0.05) is 31.2 Å². The Balaban J connectivity index is 2.00. The van der Waals surface area contributed by atoms with Crippen molar-refractivity contribution in [3.8, 4) is 0 Å². The maximum atomic E-state index is 12.1. The summed E-state index contributed by atoms with van der Waals surface area (Å²) in [7, 11) is 0. The number of aromatic carboxylic acids is 1. The first-order chi connectivity index (χ1) is 12.7. The van der Waals surface area contributed by atoms with Gasteiger partial charge in [-0.3, -0.25) is 9.88 Å². The largest absolute Gasteiger partial charge is 0.478 e. The van der Waals surface area contributed by atoms with Gasteiger partial charge >= 0.3 is 5.97 Å². The molecule has 1 aromatic carbocycles. The summed E-state index contributed by atoms with van der Waals surface area (Å²) < 4.78 is 0. The van der Waals surface area contributed by atoms with E-state index < -0.39 is 5.97 Å². The molecule has 0 radical (unpaired) electrons. The van der Waals surface area contributed by atoms with Crippen LogP contribution in [0, 0.1) is 0 Å². The Labute approximate surface area is 151 Å². The smallest absolute Gasteiger partial charge is 0.336 e. The average molecular weight is 345 g/mol. The predicted octanol–water partition coefficient (Wildman–Crippen LogP) is 3.70. The monoisotopic (exact) mass is 345 g/mol. The number of carboxylic acid groups (broad SMARTS) is 1. The molecule has 0 amide bonds. The molecule has 0 bridgehead atoms. The van der Waals surface area contributed by atoms with E-state index in [1.165, 1.54) is 0 Å². The van der Waals surface area contributed by atoms with Crippen LogP contribution in [0.2, 0.25) is 0 Å². The van der Waals surface area contributed by atoms with Crippen LogP contribution in [-0.2, 0) is 6.54 Å². The second-order valence-corrected chi connectivity index (χ2v) is 6.40. The summed E-state index contributed by atoms with van der Waals surface area (Å²) in [5.74, 6) is -0.904. The average Bonchev–Trinajstić information content (AvgIpc) is 2.66. The SMILES string of the molecule is CCN1C/C(=C\c2cccnc2)c2nc3ccccc3c(C(=O)O)c2C1. The molecule has 1 N–H and O–H groups in total. The van der Waals surface area contributed by atoms with Gasteiger partial charge in [0, 0.05) is 36.4 Å². The molecule has 5 nitrogen and oxygen atoms in total. The van der Waals surface area contributed by atoms with Gasteiger partial charge in [-0.25, -0.2) is 9.78 Å². The number of fused-ring (bicyclic) bond motifs is 2. The maximum absolute atomic E-state index is 12.1. The zero-order valence-electron chi connectivity index (χ0n) is 14.5. The molecule has 2 aromatic heterocycles. The van der Waals surface area contributed by atoms with Gasteiger partial charge in [0.1, 0.15) is 0 Å². The second kappa shape index (κ2) is 6.69. The minimum atomic E-state index is -0.904. The molecular formula is C21H19N3O2. The number of pyridine rings is 2. The van der Waals surface area contributed by atoms with E-state index in [0.29, 0.717) is 23.0 Å². The fourth-order valence-corrected chi connectivity index (χ4v) is 3.51. The molecule has 0 atom stereocenters. The highest BCUT2D eigenvalue weighted by Gasteiger charge is 2.27. The first-order valence-electron chi connectivity index (χ1n) is 8.65. The van der Waals surface area contributed by atoms with Gasteiger partial charge < -0.3 is 5.11 Å². The lowest BCUT2D eigenvalue weighted by molar-refractivity contribution is 0.0696. The number of nitrogens with zero attached hydrogens (tertiary/aromatic N) is 3. The number of hydrogen-bond acceptors (Lipinski definition) is 4. The van der Waals surface area contributed by atoms with Crippen LogP contribution in [0.5, 0.6) is 0 Å². The lowest BCUT2D eigenvalue weighted by Gasteiger charge is -2.30.